The first-order chi connectivity index (χ1) is 13.3. The van der Waals surface area contributed by atoms with E-state index in [4.69, 9.17) is 4.74 Å². The number of carbonyl (C=O) groups excluding carboxylic acids is 4. The lowest BCUT2D eigenvalue weighted by molar-refractivity contribution is -0.136. The molecular weight excluding hydrogens is 362 g/mol. The number of alkyl carbamates (subject to hydrolysis) is 1. The molecule has 2 aliphatic heterocycles. The van der Waals surface area contributed by atoms with Crippen LogP contribution in [0.4, 0.5) is 4.79 Å². The second-order valence-corrected chi connectivity index (χ2v) is 7.58. The molecule has 0 aliphatic carbocycles. The molecule has 3 rings (SSSR count). The van der Waals surface area contributed by atoms with Gasteiger partial charge in [0.2, 0.25) is 11.8 Å². The number of ether oxygens (including phenoxy) is 1. The molecular formula is C20H29N3O5. The van der Waals surface area contributed by atoms with Gasteiger partial charge < -0.3 is 15.0 Å². The summed E-state index contributed by atoms with van der Waals surface area (Å²) in [5.74, 6) is -0.487. The standard InChI is InChI=1S/C20H25N3O5.2H2/c1-12(2)7-8-21-20(27)28-11-13-3-4-14-10-23(19(26)15(14)9-13)16-5-6-17(24)22-18(16)25;;/h3-4,9,12,16H,5-8,10-11H2,1-2H3,(H,21,27)(H,22,24,25);2*1H. The molecule has 1 saturated heterocycles. The van der Waals surface area contributed by atoms with Crippen molar-refractivity contribution in [1.29, 1.82) is 0 Å². The number of hydrogen-bond acceptors (Lipinski definition) is 5. The molecule has 0 spiro atoms. The number of rotatable bonds is 6. The highest BCUT2D eigenvalue weighted by Crippen LogP contribution is 2.28. The molecule has 1 unspecified atom stereocenters. The lowest BCUT2D eigenvalue weighted by Gasteiger charge is -2.29. The van der Waals surface area contributed by atoms with Crippen molar-refractivity contribution in [3.63, 3.8) is 0 Å². The average molecular weight is 391 g/mol. The van der Waals surface area contributed by atoms with E-state index in [1.54, 1.807) is 6.07 Å². The van der Waals surface area contributed by atoms with Crippen LogP contribution in [0.2, 0.25) is 0 Å². The van der Waals surface area contributed by atoms with Crippen LogP contribution in [0.15, 0.2) is 18.2 Å². The van der Waals surface area contributed by atoms with Gasteiger partial charge in [0, 0.05) is 27.9 Å². The minimum absolute atomic E-state index is 0. The van der Waals surface area contributed by atoms with E-state index >= 15 is 0 Å². The molecule has 154 valence electrons. The van der Waals surface area contributed by atoms with Crippen molar-refractivity contribution in [2.24, 2.45) is 5.92 Å². The number of nitrogens with zero attached hydrogens (tertiary/aromatic N) is 1. The van der Waals surface area contributed by atoms with E-state index in [0.717, 1.165) is 12.0 Å². The van der Waals surface area contributed by atoms with Crippen LogP contribution in [0.25, 0.3) is 0 Å². The maximum absolute atomic E-state index is 12.8. The lowest BCUT2D eigenvalue weighted by atomic mass is 10.0. The van der Waals surface area contributed by atoms with Crippen LogP contribution in [0.5, 0.6) is 0 Å². The average Bonchev–Trinajstić information content (AvgIpc) is 2.96. The molecule has 2 heterocycles. The lowest BCUT2D eigenvalue weighted by Crippen LogP contribution is -2.52. The minimum atomic E-state index is -0.635. The van der Waals surface area contributed by atoms with E-state index in [1.165, 1.54) is 4.90 Å². The highest BCUT2D eigenvalue weighted by atomic mass is 16.5. The van der Waals surface area contributed by atoms with Crippen molar-refractivity contribution in [2.75, 3.05) is 6.54 Å². The van der Waals surface area contributed by atoms with Gasteiger partial charge in [-0.05, 0) is 36.0 Å². The van der Waals surface area contributed by atoms with Crippen LogP contribution in [0.3, 0.4) is 0 Å². The van der Waals surface area contributed by atoms with Crippen molar-refractivity contribution in [1.82, 2.24) is 15.5 Å². The Morgan fingerprint density at radius 3 is 2.86 bits per heavy atom. The summed E-state index contributed by atoms with van der Waals surface area (Å²) in [6.07, 6.45) is 0.939. The maximum atomic E-state index is 12.8. The van der Waals surface area contributed by atoms with E-state index in [2.05, 4.69) is 24.5 Å². The van der Waals surface area contributed by atoms with Crippen LogP contribution in [0.1, 0.15) is 57.4 Å². The monoisotopic (exact) mass is 391 g/mol. The summed E-state index contributed by atoms with van der Waals surface area (Å²) < 4.78 is 5.20. The van der Waals surface area contributed by atoms with Gasteiger partial charge in [0.1, 0.15) is 12.6 Å². The van der Waals surface area contributed by atoms with Gasteiger partial charge in [-0.3, -0.25) is 19.7 Å². The first-order valence-corrected chi connectivity index (χ1v) is 9.52. The Balaban J connectivity index is 0.00000225. The molecule has 1 atom stereocenters. The number of fused-ring (bicyclic) bond motifs is 1. The van der Waals surface area contributed by atoms with Crippen LogP contribution in [-0.4, -0.2) is 41.3 Å². The molecule has 1 aromatic rings. The van der Waals surface area contributed by atoms with Crippen LogP contribution < -0.4 is 10.6 Å². The predicted molar refractivity (Wildman–Crippen MR) is 104 cm³/mol. The topological polar surface area (TPSA) is 105 Å². The minimum Gasteiger partial charge on any atom is -0.445 e. The first-order valence-electron chi connectivity index (χ1n) is 9.52. The highest BCUT2D eigenvalue weighted by molar-refractivity contribution is 6.05. The van der Waals surface area contributed by atoms with E-state index in [1.807, 2.05) is 12.1 Å². The maximum Gasteiger partial charge on any atom is 0.407 e. The van der Waals surface area contributed by atoms with E-state index < -0.39 is 18.0 Å². The first kappa shape index (κ1) is 19.9. The van der Waals surface area contributed by atoms with Crippen molar-refractivity contribution in [3.05, 3.63) is 34.9 Å². The SMILES string of the molecule is CC(C)CCNC(=O)OCc1ccc2c(c1)C(=O)N(C1CCC(=O)NC1=O)C2.[HH].[HH]. The molecule has 1 fully saturated rings. The Bertz CT molecular complexity index is 816. The summed E-state index contributed by atoms with van der Waals surface area (Å²) in [5.41, 5.74) is 2.03. The quantitative estimate of drug-likeness (QED) is 0.724. The Kier molecular flexibility index (Phi) is 5.96. The molecule has 0 radical (unpaired) electrons. The van der Waals surface area contributed by atoms with Crippen molar-refractivity contribution in [2.45, 2.75) is 52.3 Å². The second-order valence-electron chi connectivity index (χ2n) is 7.58. The van der Waals surface area contributed by atoms with Crippen molar-refractivity contribution in [3.8, 4) is 0 Å². The number of benzene rings is 1. The summed E-state index contributed by atoms with van der Waals surface area (Å²) >= 11 is 0. The summed E-state index contributed by atoms with van der Waals surface area (Å²) in [4.78, 5) is 49.4. The van der Waals surface area contributed by atoms with Crippen LogP contribution >= 0.6 is 0 Å². The molecule has 1 aromatic carbocycles. The van der Waals surface area contributed by atoms with Crippen molar-refractivity contribution < 1.29 is 26.8 Å². The second kappa shape index (κ2) is 8.41. The third kappa shape index (κ3) is 4.49. The molecule has 8 nitrogen and oxygen atoms in total. The third-order valence-corrected chi connectivity index (χ3v) is 4.95. The largest absolute Gasteiger partial charge is 0.445 e. The zero-order chi connectivity index (χ0) is 20.3. The van der Waals surface area contributed by atoms with E-state index in [0.29, 0.717) is 36.6 Å². The smallest absolute Gasteiger partial charge is 0.407 e. The molecule has 0 bridgehead atoms. The summed E-state index contributed by atoms with van der Waals surface area (Å²) in [7, 11) is 0. The van der Waals surface area contributed by atoms with Gasteiger partial charge in [-0.15, -0.1) is 0 Å². The highest BCUT2D eigenvalue weighted by Gasteiger charge is 2.39. The predicted octanol–water partition coefficient (Wildman–Crippen LogP) is 2.21. The fourth-order valence-corrected chi connectivity index (χ4v) is 3.35. The van der Waals surface area contributed by atoms with Gasteiger partial charge >= 0.3 is 6.09 Å². The van der Waals surface area contributed by atoms with Gasteiger partial charge in [-0.1, -0.05) is 26.0 Å². The molecule has 4 amide bonds. The van der Waals surface area contributed by atoms with Crippen LogP contribution in [-0.2, 0) is 27.5 Å². The van der Waals surface area contributed by atoms with Crippen molar-refractivity contribution >= 4 is 23.8 Å². The van der Waals surface area contributed by atoms with E-state index in [9.17, 15) is 19.2 Å². The zero-order valence-corrected chi connectivity index (χ0v) is 16.1. The number of imide groups is 1. The van der Waals surface area contributed by atoms with Gasteiger partial charge in [0.15, 0.2) is 0 Å². The van der Waals surface area contributed by atoms with Crippen LogP contribution in [0, 0.1) is 5.92 Å². The fourth-order valence-electron chi connectivity index (χ4n) is 3.35. The molecule has 0 saturated carbocycles. The summed E-state index contributed by atoms with van der Waals surface area (Å²) in [5, 5.41) is 4.98. The number of piperidine rings is 1. The van der Waals surface area contributed by atoms with Gasteiger partial charge in [-0.25, -0.2) is 4.79 Å². The zero-order valence-electron chi connectivity index (χ0n) is 16.1. The Morgan fingerprint density at radius 1 is 1.36 bits per heavy atom. The molecule has 28 heavy (non-hydrogen) atoms. The molecule has 2 N–H and O–H groups in total. The Hall–Kier alpha value is -2.90. The molecule has 2 aliphatic rings. The molecule has 0 aromatic heterocycles. The summed E-state index contributed by atoms with van der Waals surface area (Å²) in [6, 6.07) is 4.69. The van der Waals surface area contributed by atoms with E-state index in [-0.39, 0.29) is 27.7 Å². The Morgan fingerprint density at radius 2 is 2.14 bits per heavy atom. The Labute approximate surface area is 166 Å². The van der Waals surface area contributed by atoms with Gasteiger partial charge in [0.05, 0.1) is 0 Å². The summed E-state index contributed by atoms with van der Waals surface area (Å²) in [6.45, 7) is 5.10. The number of carbonyl (C=O) groups is 4. The normalized spacial score (nSPS) is 18.9. The molecule has 8 heteroatoms. The number of hydrogen-bond donors (Lipinski definition) is 2. The third-order valence-electron chi connectivity index (χ3n) is 4.95. The number of nitrogens with one attached hydrogen (secondary N) is 2. The van der Waals surface area contributed by atoms with Gasteiger partial charge in [-0.2, -0.15) is 0 Å². The fraction of sp³-hybridized carbons (Fsp3) is 0.500. The number of amides is 4. The van der Waals surface area contributed by atoms with Gasteiger partial charge in [0.25, 0.3) is 5.91 Å².